The number of aromatic hydroxyl groups is 1. The molecule has 0 unspecified atom stereocenters. The molecule has 2 aromatic rings. The SMILES string of the molecule is C=C(C#N)C(=C)C=N/C=C(\C)C1=C(c2cc(F)ccc2C)CCC1.CCc1c(O)cccc1F. The molecule has 1 aliphatic rings. The van der Waals surface area contributed by atoms with E-state index in [0.717, 1.165) is 36.0 Å². The summed E-state index contributed by atoms with van der Waals surface area (Å²) in [6, 6.07) is 11.2. The molecule has 176 valence electrons. The summed E-state index contributed by atoms with van der Waals surface area (Å²) in [5, 5.41) is 17.8. The Balaban J connectivity index is 0.000000340. The molecule has 0 aromatic heterocycles. The van der Waals surface area contributed by atoms with Crippen molar-refractivity contribution in [3.05, 3.63) is 106 Å². The quantitative estimate of drug-likeness (QED) is 0.272. The lowest BCUT2D eigenvalue weighted by atomic mass is 9.95. The third kappa shape index (κ3) is 6.86. The molecule has 5 heteroatoms. The summed E-state index contributed by atoms with van der Waals surface area (Å²) >= 11 is 0. The lowest BCUT2D eigenvalue weighted by Gasteiger charge is -2.11. The minimum absolute atomic E-state index is 0.0440. The Kier molecular flexibility index (Phi) is 9.70. The molecule has 0 aliphatic heterocycles. The lowest BCUT2D eigenvalue weighted by molar-refractivity contribution is 0.460. The molecule has 0 atom stereocenters. The van der Waals surface area contributed by atoms with Gasteiger partial charge < -0.3 is 5.11 Å². The van der Waals surface area contributed by atoms with Crippen LogP contribution in [0.1, 0.15) is 49.8 Å². The largest absolute Gasteiger partial charge is 0.508 e. The number of hydrogen-bond acceptors (Lipinski definition) is 3. The molecule has 0 bridgehead atoms. The van der Waals surface area contributed by atoms with Crippen molar-refractivity contribution in [1.82, 2.24) is 0 Å². The average Bonchev–Trinajstić information content (AvgIpc) is 3.30. The van der Waals surface area contributed by atoms with Gasteiger partial charge in [-0.2, -0.15) is 5.26 Å². The standard InChI is InChI=1S/C21H21FN2.C8H9FO/c1-14-8-9-18(22)10-21(14)20-7-5-6-19(20)17(4)13-24-12-16(3)15(2)11-23;1-2-6-7(9)4-3-5-8(6)10/h8-10,12-13H,2-3,5-7H2,1,4H3;3-5,10H,2H2,1H3/b17-13+,24-12?;. The maximum Gasteiger partial charge on any atom is 0.130 e. The van der Waals surface area contributed by atoms with Gasteiger partial charge in [-0.05, 0) is 91.6 Å². The van der Waals surface area contributed by atoms with Crippen LogP contribution in [-0.2, 0) is 6.42 Å². The van der Waals surface area contributed by atoms with Gasteiger partial charge in [0.15, 0.2) is 0 Å². The van der Waals surface area contributed by atoms with Crippen molar-refractivity contribution < 1.29 is 13.9 Å². The zero-order valence-electron chi connectivity index (χ0n) is 20.0. The molecule has 0 fully saturated rings. The van der Waals surface area contributed by atoms with Gasteiger partial charge in [0, 0.05) is 23.6 Å². The van der Waals surface area contributed by atoms with E-state index in [2.05, 4.69) is 18.2 Å². The van der Waals surface area contributed by atoms with Gasteiger partial charge >= 0.3 is 0 Å². The van der Waals surface area contributed by atoms with Crippen molar-refractivity contribution in [2.45, 2.75) is 46.5 Å². The second-order valence-corrected chi connectivity index (χ2v) is 8.07. The molecule has 3 rings (SSSR count). The highest BCUT2D eigenvalue weighted by atomic mass is 19.1. The minimum atomic E-state index is -0.331. The molecule has 34 heavy (non-hydrogen) atoms. The number of phenolic OH excluding ortho intramolecular Hbond substituents is 1. The maximum absolute atomic E-state index is 13.6. The summed E-state index contributed by atoms with van der Waals surface area (Å²) in [6.45, 7) is 13.2. The molecule has 1 aliphatic carbocycles. The number of rotatable bonds is 6. The number of allylic oxidation sites excluding steroid dienone is 5. The molecule has 1 N–H and O–H groups in total. The molecule has 0 saturated carbocycles. The second kappa shape index (κ2) is 12.5. The summed E-state index contributed by atoms with van der Waals surface area (Å²) in [7, 11) is 0. The molecule has 2 aromatic carbocycles. The van der Waals surface area contributed by atoms with Crippen molar-refractivity contribution in [3.8, 4) is 11.8 Å². The van der Waals surface area contributed by atoms with E-state index in [4.69, 9.17) is 10.4 Å². The monoisotopic (exact) mass is 460 g/mol. The van der Waals surface area contributed by atoms with Crippen LogP contribution in [-0.4, -0.2) is 11.3 Å². The molecule has 3 nitrogen and oxygen atoms in total. The minimum Gasteiger partial charge on any atom is -0.508 e. The van der Waals surface area contributed by atoms with Crippen LogP contribution in [0.25, 0.3) is 5.57 Å². The van der Waals surface area contributed by atoms with E-state index >= 15 is 0 Å². The van der Waals surface area contributed by atoms with Crippen molar-refractivity contribution >= 4 is 11.8 Å². The first-order valence-electron chi connectivity index (χ1n) is 11.1. The van der Waals surface area contributed by atoms with Gasteiger partial charge in [0.2, 0.25) is 0 Å². The lowest BCUT2D eigenvalue weighted by Crippen LogP contribution is -1.92. The van der Waals surface area contributed by atoms with Gasteiger partial charge in [0.25, 0.3) is 0 Å². The summed E-state index contributed by atoms with van der Waals surface area (Å²) in [5.74, 6) is -0.495. The molecule has 0 radical (unpaired) electrons. The van der Waals surface area contributed by atoms with Crippen LogP contribution in [0.15, 0.2) is 83.0 Å². The first-order valence-corrected chi connectivity index (χ1v) is 11.1. The zero-order chi connectivity index (χ0) is 25.3. The van der Waals surface area contributed by atoms with Gasteiger partial charge in [0.05, 0.1) is 11.6 Å². The number of phenols is 1. The first kappa shape index (κ1) is 26.5. The number of nitriles is 1. The van der Waals surface area contributed by atoms with Gasteiger partial charge in [0.1, 0.15) is 17.4 Å². The Labute approximate surface area is 200 Å². The third-order valence-electron chi connectivity index (χ3n) is 5.69. The van der Waals surface area contributed by atoms with Crippen molar-refractivity contribution in [3.63, 3.8) is 0 Å². The van der Waals surface area contributed by atoms with Crippen LogP contribution in [0, 0.1) is 29.9 Å². The van der Waals surface area contributed by atoms with Crippen LogP contribution in [0.4, 0.5) is 8.78 Å². The number of halogens is 2. The van der Waals surface area contributed by atoms with E-state index in [1.807, 2.05) is 26.0 Å². The van der Waals surface area contributed by atoms with Crippen molar-refractivity contribution in [1.29, 1.82) is 5.26 Å². The molecular formula is C29H30F2N2O. The van der Waals surface area contributed by atoms with Gasteiger partial charge in [-0.1, -0.05) is 32.2 Å². The Bertz CT molecular complexity index is 1190. The van der Waals surface area contributed by atoms with E-state index in [1.54, 1.807) is 19.2 Å². The Morgan fingerprint density at radius 2 is 1.94 bits per heavy atom. The normalized spacial score (nSPS) is 13.5. The fourth-order valence-corrected chi connectivity index (χ4v) is 3.76. The van der Waals surface area contributed by atoms with E-state index in [-0.39, 0.29) is 17.4 Å². The van der Waals surface area contributed by atoms with Gasteiger partial charge in [-0.25, -0.2) is 8.78 Å². The van der Waals surface area contributed by atoms with Crippen LogP contribution in [0.2, 0.25) is 0 Å². The smallest absolute Gasteiger partial charge is 0.130 e. The van der Waals surface area contributed by atoms with Gasteiger partial charge in [-0.3, -0.25) is 4.99 Å². The van der Waals surface area contributed by atoms with Crippen LogP contribution < -0.4 is 0 Å². The van der Waals surface area contributed by atoms with Crippen molar-refractivity contribution in [2.24, 2.45) is 4.99 Å². The Hall–Kier alpha value is -3.78. The number of aryl methyl sites for hydroxylation is 1. The Morgan fingerprint density at radius 3 is 2.56 bits per heavy atom. The summed E-state index contributed by atoms with van der Waals surface area (Å²) in [5.41, 5.74) is 6.76. The summed E-state index contributed by atoms with van der Waals surface area (Å²) in [6.07, 6.45) is 6.82. The predicted molar refractivity (Wildman–Crippen MR) is 135 cm³/mol. The first-order chi connectivity index (χ1) is 16.2. The van der Waals surface area contributed by atoms with Crippen LogP contribution in [0.3, 0.4) is 0 Å². The molecular weight excluding hydrogens is 430 g/mol. The predicted octanol–water partition coefficient (Wildman–Crippen LogP) is 7.78. The van der Waals surface area contributed by atoms with Crippen molar-refractivity contribution in [2.75, 3.05) is 0 Å². The molecule has 0 amide bonds. The highest BCUT2D eigenvalue weighted by Gasteiger charge is 2.19. The number of aliphatic imine (C=N–C) groups is 1. The zero-order valence-corrected chi connectivity index (χ0v) is 20.0. The number of benzene rings is 2. The molecule has 0 saturated heterocycles. The summed E-state index contributed by atoms with van der Waals surface area (Å²) < 4.78 is 26.3. The van der Waals surface area contributed by atoms with Crippen LogP contribution in [0.5, 0.6) is 5.75 Å². The highest BCUT2D eigenvalue weighted by Crippen LogP contribution is 2.39. The highest BCUT2D eigenvalue weighted by molar-refractivity contribution is 5.85. The third-order valence-corrected chi connectivity index (χ3v) is 5.69. The second-order valence-electron chi connectivity index (χ2n) is 8.07. The molecule has 0 heterocycles. The van der Waals surface area contributed by atoms with Crippen LogP contribution >= 0.6 is 0 Å². The van der Waals surface area contributed by atoms with E-state index in [0.29, 0.717) is 23.1 Å². The summed E-state index contributed by atoms with van der Waals surface area (Å²) in [4.78, 5) is 4.25. The number of hydrogen-bond donors (Lipinski definition) is 1. The fraction of sp³-hybridized carbons (Fsp3) is 0.241. The Morgan fingerprint density at radius 1 is 1.21 bits per heavy atom. The van der Waals surface area contributed by atoms with E-state index in [9.17, 15) is 8.78 Å². The van der Waals surface area contributed by atoms with E-state index < -0.39 is 0 Å². The average molecular weight is 461 g/mol. The fourth-order valence-electron chi connectivity index (χ4n) is 3.76. The number of nitrogens with zero attached hydrogens (tertiary/aromatic N) is 2. The molecule has 0 spiro atoms. The van der Waals surface area contributed by atoms with E-state index in [1.165, 1.54) is 41.6 Å². The van der Waals surface area contributed by atoms with Gasteiger partial charge in [-0.15, -0.1) is 0 Å². The maximum atomic E-state index is 13.6. The topological polar surface area (TPSA) is 56.4 Å².